The number of hydrogen-bond acceptors (Lipinski definition) is 3. The lowest BCUT2D eigenvalue weighted by Gasteiger charge is -2.21. The molecule has 0 aromatic carbocycles. The molecule has 1 aliphatic heterocycles. The Morgan fingerprint density at radius 1 is 0.920 bits per heavy atom. The first-order chi connectivity index (χ1) is 12.3. The molecule has 0 radical (unpaired) electrons. The van der Waals surface area contributed by atoms with Gasteiger partial charge in [-0.15, -0.1) is 5.92 Å². The van der Waals surface area contributed by atoms with Crippen LogP contribution in [0.25, 0.3) is 0 Å². The van der Waals surface area contributed by atoms with E-state index >= 15 is 0 Å². The van der Waals surface area contributed by atoms with Crippen LogP contribution in [0.1, 0.15) is 96.3 Å². The lowest BCUT2D eigenvalue weighted by molar-refractivity contribution is -0.154. The summed E-state index contributed by atoms with van der Waals surface area (Å²) in [6, 6.07) is 0. The minimum absolute atomic E-state index is 0.0276. The van der Waals surface area contributed by atoms with Crippen LogP contribution in [0.3, 0.4) is 0 Å². The molecule has 1 N–H and O–H groups in total. The average Bonchev–Trinajstić information content (AvgIpc) is 2.62. The Bertz CT molecular complexity index is 377. The molecular weight excluding hydrogens is 316 g/mol. The van der Waals surface area contributed by atoms with Crippen LogP contribution < -0.4 is 0 Å². The zero-order chi connectivity index (χ0) is 18.0. The molecule has 1 aliphatic rings. The first-order valence-corrected chi connectivity index (χ1v) is 10.2. The Hall–Kier alpha value is -1.05. The van der Waals surface area contributed by atoms with Gasteiger partial charge in [-0.1, -0.05) is 57.3 Å². The first kappa shape index (κ1) is 22.0. The summed E-state index contributed by atoms with van der Waals surface area (Å²) in [7, 11) is 0. The average molecular weight is 353 g/mol. The lowest BCUT2D eigenvalue weighted by atomic mass is 10.1. The summed E-state index contributed by atoms with van der Waals surface area (Å²) in [4.78, 5) is 10.4. The number of ether oxygens (including phenoxy) is 2. The number of carboxylic acid groups (broad SMARTS) is 1. The second kappa shape index (κ2) is 16.4. The van der Waals surface area contributed by atoms with Crippen molar-refractivity contribution in [2.45, 2.75) is 103 Å². The first-order valence-electron chi connectivity index (χ1n) is 10.2. The molecule has 4 nitrogen and oxygen atoms in total. The van der Waals surface area contributed by atoms with E-state index in [0.717, 1.165) is 38.7 Å². The molecule has 1 fully saturated rings. The van der Waals surface area contributed by atoms with Crippen molar-refractivity contribution in [1.29, 1.82) is 0 Å². The Balaban J connectivity index is 1.74. The third kappa shape index (κ3) is 15.0. The highest BCUT2D eigenvalue weighted by Gasteiger charge is 2.12. The summed E-state index contributed by atoms with van der Waals surface area (Å²) in [6.07, 6.45) is 16.6. The summed E-state index contributed by atoms with van der Waals surface area (Å²) in [5.74, 6) is 5.61. The predicted molar refractivity (Wildman–Crippen MR) is 100 cm³/mol. The number of carboxylic acids is 1. The SMILES string of the molecule is O=C(O)CCCCCCCCCCCCC#CCOC1CCCCO1. The highest BCUT2D eigenvalue weighted by atomic mass is 16.7. The summed E-state index contributed by atoms with van der Waals surface area (Å²) in [5.41, 5.74) is 0. The standard InChI is InChI=1S/C21H36O4/c22-20(23)16-12-10-8-6-4-2-1-3-5-7-9-11-14-18-24-21-17-13-15-19-25-21/h21H,1-10,12-13,15-19H2,(H,22,23). The third-order valence-electron chi connectivity index (χ3n) is 4.55. The summed E-state index contributed by atoms with van der Waals surface area (Å²) in [6.45, 7) is 1.32. The Morgan fingerprint density at radius 2 is 1.56 bits per heavy atom. The molecule has 0 aromatic rings. The Labute approximate surface area is 153 Å². The maximum atomic E-state index is 10.4. The highest BCUT2D eigenvalue weighted by molar-refractivity contribution is 5.66. The molecule has 0 aliphatic carbocycles. The van der Waals surface area contributed by atoms with Gasteiger partial charge in [0.1, 0.15) is 6.61 Å². The molecule has 1 atom stereocenters. The van der Waals surface area contributed by atoms with E-state index in [1.54, 1.807) is 0 Å². The minimum Gasteiger partial charge on any atom is -0.481 e. The van der Waals surface area contributed by atoms with E-state index in [-0.39, 0.29) is 6.29 Å². The molecule has 144 valence electrons. The van der Waals surface area contributed by atoms with Gasteiger partial charge in [0, 0.05) is 19.4 Å². The van der Waals surface area contributed by atoms with Crippen molar-refractivity contribution in [2.24, 2.45) is 0 Å². The van der Waals surface area contributed by atoms with Crippen molar-refractivity contribution in [1.82, 2.24) is 0 Å². The van der Waals surface area contributed by atoms with E-state index in [4.69, 9.17) is 14.6 Å². The van der Waals surface area contributed by atoms with E-state index in [1.807, 2.05) is 0 Å². The molecule has 1 saturated heterocycles. The van der Waals surface area contributed by atoms with Crippen molar-refractivity contribution in [2.75, 3.05) is 13.2 Å². The second-order valence-corrected chi connectivity index (χ2v) is 6.89. The van der Waals surface area contributed by atoms with E-state index < -0.39 is 5.97 Å². The minimum atomic E-state index is -0.671. The van der Waals surface area contributed by atoms with Crippen LogP contribution in [0.4, 0.5) is 0 Å². The summed E-state index contributed by atoms with van der Waals surface area (Å²) in [5, 5.41) is 8.55. The van der Waals surface area contributed by atoms with Crippen molar-refractivity contribution in [3.05, 3.63) is 0 Å². The number of hydrogen-bond donors (Lipinski definition) is 1. The van der Waals surface area contributed by atoms with Gasteiger partial charge in [-0.2, -0.15) is 0 Å². The van der Waals surface area contributed by atoms with Crippen LogP contribution in [0, 0.1) is 11.8 Å². The van der Waals surface area contributed by atoms with Gasteiger partial charge in [0.2, 0.25) is 0 Å². The predicted octanol–water partition coefficient (Wildman–Crippen LogP) is 5.30. The summed E-state index contributed by atoms with van der Waals surface area (Å²) >= 11 is 0. The van der Waals surface area contributed by atoms with E-state index in [2.05, 4.69) is 11.8 Å². The quantitative estimate of drug-likeness (QED) is 0.340. The number of aliphatic carboxylic acids is 1. The number of unbranched alkanes of at least 4 members (excludes halogenated alkanes) is 10. The molecule has 0 saturated carbocycles. The van der Waals surface area contributed by atoms with Crippen molar-refractivity contribution < 1.29 is 19.4 Å². The number of rotatable bonds is 14. The third-order valence-corrected chi connectivity index (χ3v) is 4.55. The molecule has 0 spiro atoms. The maximum Gasteiger partial charge on any atom is 0.303 e. The van der Waals surface area contributed by atoms with E-state index in [0.29, 0.717) is 13.0 Å². The molecule has 25 heavy (non-hydrogen) atoms. The van der Waals surface area contributed by atoms with Gasteiger partial charge in [-0.25, -0.2) is 0 Å². The van der Waals surface area contributed by atoms with Crippen LogP contribution >= 0.6 is 0 Å². The zero-order valence-electron chi connectivity index (χ0n) is 15.8. The van der Waals surface area contributed by atoms with Gasteiger partial charge < -0.3 is 14.6 Å². The topological polar surface area (TPSA) is 55.8 Å². The van der Waals surface area contributed by atoms with Crippen molar-refractivity contribution in [3.63, 3.8) is 0 Å². The summed E-state index contributed by atoms with van der Waals surface area (Å²) < 4.78 is 11.1. The van der Waals surface area contributed by atoms with Crippen LogP contribution in [0.15, 0.2) is 0 Å². The fourth-order valence-electron chi connectivity index (χ4n) is 3.02. The Kier molecular flexibility index (Phi) is 14.4. The van der Waals surface area contributed by atoms with Gasteiger partial charge >= 0.3 is 5.97 Å². The van der Waals surface area contributed by atoms with Crippen LogP contribution in [0.2, 0.25) is 0 Å². The van der Waals surface area contributed by atoms with Crippen LogP contribution in [0.5, 0.6) is 0 Å². The number of carbonyl (C=O) groups is 1. The molecular formula is C21H36O4. The zero-order valence-corrected chi connectivity index (χ0v) is 15.8. The lowest BCUT2D eigenvalue weighted by Crippen LogP contribution is -2.22. The largest absolute Gasteiger partial charge is 0.481 e. The molecule has 1 heterocycles. The molecule has 1 unspecified atom stereocenters. The van der Waals surface area contributed by atoms with Gasteiger partial charge in [-0.05, 0) is 32.1 Å². The van der Waals surface area contributed by atoms with Gasteiger partial charge in [0.15, 0.2) is 6.29 Å². The fourth-order valence-corrected chi connectivity index (χ4v) is 3.02. The molecule has 1 rings (SSSR count). The highest BCUT2D eigenvalue weighted by Crippen LogP contribution is 2.13. The van der Waals surface area contributed by atoms with Crippen LogP contribution in [-0.4, -0.2) is 30.6 Å². The molecule has 0 bridgehead atoms. The van der Waals surface area contributed by atoms with Gasteiger partial charge in [0.05, 0.1) is 0 Å². The second-order valence-electron chi connectivity index (χ2n) is 6.89. The van der Waals surface area contributed by atoms with Gasteiger partial charge in [-0.3, -0.25) is 4.79 Å². The fraction of sp³-hybridized carbons (Fsp3) is 0.857. The maximum absolute atomic E-state index is 10.4. The van der Waals surface area contributed by atoms with Crippen molar-refractivity contribution >= 4 is 5.97 Å². The molecule has 0 aromatic heterocycles. The van der Waals surface area contributed by atoms with Gasteiger partial charge in [0.25, 0.3) is 0 Å². The monoisotopic (exact) mass is 352 g/mol. The van der Waals surface area contributed by atoms with Crippen molar-refractivity contribution in [3.8, 4) is 11.8 Å². The van der Waals surface area contributed by atoms with E-state index in [9.17, 15) is 4.79 Å². The van der Waals surface area contributed by atoms with Crippen LogP contribution in [-0.2, 0) is 14.3 Å². The molecule has 4 heteroatoms. The Morgan fingerprint density at radius 3 is 2.16 bits per heavy atom. The normalized spacial score (nSPS) is 17.0. The van der Waals surface area contributed by atoms with E-state index in [1.165, 1.54) is 57.8 Å². The smallest absolute Gasteiger partial charge is 0.303 e. The molecule has 0 amide bonds.